The molecule has 1 aliphatic rings. The number of aromatic hydroxyl groups is 1. The summed E-state index contributed by atoms with van der Waals surface area (Å²) in [4.78, 5) is 27.7. The highest BCUT2D eigenvalue weighted by Crippen LogP contribution is 2.22. The van der Waals surface area contributed by atoms with E-state index in [-0.39, 0.29) is 17.6 Å². The van der Waals surface area contributed by atoms with Crippen LogP contribution in [0.5, 0.6) is 17.2 Å². The summed E-state index contributed by atoms with van der Waals surface area (Å²) >= 11 is 0. The fourth-order valence-corrected chi connectivity index (χ4v) is 3.53. The second kappa shape index (κ2) is 11.4. The zero-order valence-corrected chi connectivity index (χ0v) is 18.5. The van der Waals surface area contributed by atoms with Crippen molar-refractivity contribution in [3.05, 3.63) is 48.5 Å². The lowest BCUT2D eigenvalue weighted by Crippen LogP contribution is -2.39. The number of hydrogen-bond donors (Lipinski definition) is 1. The van der Waals surface area contributed by atoms with E-state index in [1.54, 1.807) is 43.4 Å². The lowest BCUT2D eigenvalue weighted by atomic mass is 9.97. The molecule has 3 rings (SSSR count). The molecular formula is C24H30N2O6. The topological polar surface area (TPSA) is 88.5 Å². The average molecular weight is 443 g/mol. The number of benzene rings is 2. The van der Waals surface area contributed by atoms with Gasteiger partial charge in [0.25, 0.3) is 0 Å². The number of rotatable bonds is 8. The molecule has 1 heterocycles. The number of nitrogens with zero attached hydrogens (tertiary/aromatic N) is 2. The molecule has 2 aromatic rings. The third-order valence-electron chi connectivity index (χ3n) is 5.40. The molecule has 1 amide bonds. The Morgan fingerprint density at radius 2 is 1.78 bits per heavy atom. The molecule has 0 radical (unpaired) electrons. The molecule has 0 aliphatic carbocycles. The van der Waals surface area contributed by atoms with Crippen LogP contribution in [-0.2, 0) is 9.53 Å². The lowest BCUT2D eigenvalue weighted by Gasteiger charge is -2.30. The number of amides is 1. The van der Waals surface area contributed by atoms with Crippen LogP contribution in [0.25, 0.3) is 0 Å². The highest BCUT2D eigenvalue weighted by atomic mass is 16.6. The van der Waals surface area contributed by atoms with Gasteiger partial charge in [0.05, 0.1) is 18.2 Å². The van der Waals surface area contributed by atoms with Gasteiger partial charge >= 0.3 is 12.1 Å². The van der Waals surface area contributed by atoms with Gasteiger partial charge in [0.15, 0.2) is 0 Å². The minimum Gasteiger partial charge on any atom is -0.508 e. The van der Waals surface area contributed by atoms with E-state index in [4.69, 9.17) is 14.2 Å². The van der Waals surface area contributed by atoms with Gasteiger partial charge in [-0.1, -0.05) is 6.07 Å². The largest absolute Gasteiger partial charge is 0.508 e. The zero-order valence-electron chi connectivity index (χ0n) is 18.5. The molecule has 0 spiro atoms. The second-order valence-electron chi connectivity index (χ2n) is 7.63. The van der Waals surface area contributed by atoms with Gasteiger partial charge in [-0.3, -0.25) is 14.6 Å². The molecule has 2 aromatic carbocycles. The third kappa shape index (κ3) is 6.62. The Kier molecular flexibility index (Phi) is 8.33. The van der Waals surface area contributed by atoms with Crippen molar-refractivity contribution >= 4 is 17.7 Å². The van der Waals surface area contributed by atoms with E-state index in [0.29, 0.717) is 30.4 Å². The smallest absolute Gasteiger partial charge is 0.419 e. The van der Waals surface area contributed by atoms with E-state index in [1.165, 1.54) is 17.0 Å². The number of carbonyl (C=O) groups excluding carboxylic acids is 2. The summed E-state index contributed by atoms with van der Waals surface area (Å²) in [5.74, 6) is 1.08. The van der Waals surface area contributed by atoms with Crippen LogP contribution >= 0.6 is 0 Å². The lowest BCUT2D eigenvalue weighted by molar-refractivity contribution is -0.149. The average Bonchev–Trinajstić information content (AvgIpc) is 2.80. The van der Waals surface area contributed by atoms with E-state index >= 15 is 0 Å². The van der Waals surface area contributed by atoms with Gasteiger partial charge in [0.2, 0.25) is 0 Å². The number of likely N-dealkylation sites (tertiary alicyclic amines) is 1. The summed E-state index contributed by atoms with van der Waals surface area (Å²) in [5.41, 5.74) is 0.529. The molecule has 8 nitrogen and oxygen atoms in total. The Bertz CT molecular complexity index is 894. The second-order valence-corrected chi connectivity index (χ2v) is 7.63. The number of ether oxygens (including phenoxy) is 3. The number of phenolic OH excluding ortho intramolecular Hbond substituents is 1. The number of phenols is 1. The van der Waals surface area contributed by atoms with Crippen LogP contribution in [0.15, 0.2) is 48.5 Å². The maximum atomic E-state index is 12.3. The monoisotopic (exact) mass is 442 g/mol. The molecule has 1 saturated heterocycles. The number of hydrogen-bond acceptors (Lipinski definition) is 7. The van der Waals surface area contributed by atoms with Gasteiger partial charge in [0.1, 0.15) is 23.9 Å². The van der Waals surface area contributed by atoms with Crippen molar-refractivity contribution in [1.82, 2.24) is 4.90 Å². The molecule has 1 aliphatic heterocycles. The predicted octanol–water partition coefficient (Wildman–Crippen LogP) is 3.68. The molecule has 0 atom stereocenters. The molecule has 1 N–H and O–H groups in total. The van der Waals surface area contributed by atoms with Crippen LogP contribution < -0.4 is 14.4 Å². The summed E-state index contributed by atoms with van der Waals surface area (Å²) < 4.78 is 16.3. The maximum Gasteiger partial charge on any atom is 0.419 e. The Balaban J connectivity index is 1.39. The van der Waals surface area contributed by atoms with E-state index in [1.807, 2.05) is 6.92 Å². The van der Waals surface area contributed by atoms with Crippen molar-refractivity contribution in [2.24, 2.45) is 5.92 Å². The van der Waals surface area contributed by atoms with Crippen molar-refractivity contribution < 1.29 is 28.9 Å². The SMILES string of the molecule is CCOC(=O)C1CCN(CCOc2ccc(OC(=O)N(C)c3cccc(O)c3)cc2)CC1. The van der Waals surface area contributed by atoms with Gasteiger partial charge in [-0.25, -0.2) is 4.79 Å². The standard InChI is InChI=1S/C24H30N2O6/c1-3-30-23(28)18-11-13-26(14-12-18)15-16-31-21-7-9-22(10-8-21)32-24(29)25(2)19-5-4-6-20(27)17-19/h4-10,17-18,27H,3,11-16H2,1-2H3. The van der Waals surface area contributed by atoms with E-state index < -0.39 is 6.09 Å². The van der Waals surface area contributed by atoms with Crippen molar-refractivity contribution in [1.29, 1.82) is 0 Å². The Labute approximate surface area is 188 Å². The van der Waals surface area contributed by atoms with E-state index in [2.05, 4.69) is 4.90 Å². The summed E-state index contributed by atoms with van der Waals surface area (Å²) in [6, 6.07) is 13.2. The first-order chi connectivity index (χ1) is 15.5. The van der Waals surface area contributed by atoms with Gasteiger partial charge < -0.3 is 19.3 Å². The summed E-state index contributed by atoms with van der Waals surface area (Å²) in [5, 5.41) is 9.56. The number of piperidine rings is 1. The van der Waals surface area contributed by atoms with Crippen molar-refractivity contribution in [2.45, 2.75) is 19.8 Å². The molecule has 1 fully saturated rings. The summed E-state index contributed by atoms with van der Waals surface area (Å²) in [6.45, 7) is 5.28. The summed E-state index contributed by atoms with van der Waals surface area (Å²) in [7, 11) is 1.57. The molecular weight excluding hydrogens is 412 g/mol. The molecule has 0 aromatic heterocycles. The minimum atomic E-state index is -0.560. The maximum absolute atomic E-state index is 12.3. The van der Waals surface area contributed by atoms with Gasteiger partial charge in [0, 0.05) is 19.7 Å². The van der Waals surface area contributed by atoms with Gasteiger partial charge in [-0.15, -0.1) is 0 Å². The quantitative estimate of drug-likeness (QED) is 0.624. The first-order valence-electron chi connectivity index (χ1n) is 10.8. The molecule has 0 unspecified atom stereocenters. The van der Waals surface area contributed by atoms with Crippen LogP contribution in [0.2, 0.25) is 0 Å². The number of esters is 1. The van der Waals surface area contributed by atoms with Crippen LogP contribution in [0, 0.1) is 5.92 Å². The van der Waals surface area contributed by atoms with Crippen LogP contribution in [0.1, 0.15) is 19.8 Å². The highest BCUT2D eigenvalue weighted by molar-refractivity contribution is 5.88. The van der Waals surface area contributed by atoms with Crippen molar-refractivity contribution in [2.75, 3.05) is 44.8 Å². The van der Waals surface area contributed by atoms with Crippen molar-refractivity contribution in [3.8, 4) is 17.2 Å². The first kappa shape index (κ1) is 23.4. The molecule has 172 valence electrons. The fraction of sp³-hybridized carbons (Fsp3) is 0.417. The predicted molar refractivity (Wildman–Crippen MR) is 120 cm³/mol. The first-order valence-corrected chi connectivity index (χ1v) is 10.8. The Morgan fingerprint density at radius 1 is 1.09 bits per heavy atom. The van der Waals surface area contributed by atoms with Crippen LogP contribution in [0.3, 0.4) is 0 Å². The molecule has 0 bridgehead atoms. The summed E-state index contributed by atoms with van der Waals surface area (Å²) in [6.07, 6.45) is 1.07. The number of carbonyl (C=O) groups is 2. The van der Waals surface area contributed by atoms with Crippen LogP contribution in [-0.4, -0.2) is 62.0 Å². The fourth-order valence-electron chi connectivity index (χ4n) is 3.53. The Morgan fingerprint density at radius 3 is 2.44 bits per heavy atom. The third-order valence-corrected chi connectivity index (χ3v) is 5.40. The zero-order chi connectivity index (χ0) is 22.9. The molecule has 32 heavy (non-hydrogen) atoms. The molecule has 0 saturated carbocycles. The minimum absolute atomic E-state index is 0.00833. The normalized spacial score (nSPS) is 14.6. The van der Waals surface area contributed by atoms with Crippen LogP contribution in [0.4, 0.5) is 10.5 Å². The highest BCUT2D eigenvalue weighted by Gasteiger charge is 2.25. The number of anilines is 1. The van der Waals surface area contributed by atoms with Crippen molar-refractivity contribution in [3.63, 3.8) is 0 Å². The van der Waals surface area contributed by atoms with Gasteiger partial charge in [-0.2, -0.15) is 0 Å². The Hall–Kier alpha value is -3.26. The molecule has 8 heteroatoms. The van der Waals surface area contributed by atoms with Gasteiger partial charge in [-0.05, 0) is 69.3 Å². The van der Waals surface area contributed by atoms with E-state index in [0.717, 1.165) is 32.5 Å². The van der Waals surface area contributed by atoms with E-state index in [9.17, 15) is 14.7 Å².